The van der Waals surface area contributed by atoms with Crippen LogP contribution in [0.4, 0.5) is 0 Å². The van der Waals surface area contributed by atoms with Crippen molar-refractivity contribution < 1.29 is 4.74 Å². The highest BCUT2D eigenvalue weighted by Gasteiger charge is 2.47. The normalized spacial score (nSPS) is 23.3. The van der Waals surface area contributed by atoms with Crippen molar-refractivity contribution in [3.63, 3.8) is 0 Å². The second-order valence-electron chi connectivity index (χ2n) is 5.76. The molecule has 0 aliphatic heterocycles. The van der Waals surface area contributed by atoms with Gasteiger partial charge in [-0.15, -0.1) is 0 Å². The molecular weight excluding hydrogens is 290 g/mol. The van der Waals surface area contributed by atoms with Gasteiger partial charge in [-0.1, -0.05) is 6.07 Å². The maximum absolute atomic E-state index is 6.12. The Morgan fingerprint density at radius 1 is 1.39 bits per heavy atom. The van der Waals surface area contributed by atoms with Crippen molar-refractivity contribution in [1.29, 1.82) is 0 Å². The lowest BCUT2D eigenvalue weighted by Crippen LogP contribution is -2.31. The molecule has 0 heterocycles. The van der Waals surface area contributed by atoms with Crippen LogP contribution in [0, 0.1) is 0 Å². The average Bonchev–Trinajstić information content (AvgIpc) is 3.06. The van der Waals surface area contributed by atoms with E-state index in [2.05, 4.69) is 41.1 Å². The van der Waals surface area contributed by atoms with Gasteiger partial charge in [0.2, 0.25) is 0 Å². The Kier molecular flexibility index (Phi) is 3.15. The molecule has 0 saturated heterocycles. The first-order valence-electron chi connectivity index (χ1n) is 6.84. The minimum atomic E-state index is 0.220. The lowest BCUT2D eigenvalue weighted by molar-refractivity contribution is 0.119. The van der Waals surface area contributed by atoms with Gasteiger partial charge in [-0.05, 0) is 72.7 Å². The molecule has 1 unspecified atom stereocenters. The van der Waals surface area contributed by atoms with Gasteiger partial charge in [-0.25, -0.2) is 0 Å². The molecule has 0 amide bonds. The molecule has 3 heteroatoms. The molecule has 2 saturated carbocycles. The largest absolute Gasteiger partial charge is 0.489 e. The summed E-state index contributed by atoms with van der Waals surface area (Å²) in [5, 5.41) is 0. The molecule has 3 rings (SSSR count). The van der Waals surface area contributed by atoms with E-state index < -0.39 is 0 Å². The lowest BCUT2D eigenvalue weighted by atomic mass is 9.89. The summed E-state index contributed by atoms with van der Waals surface area (Å²) >= 11 is 3.63. The van der Waals surface area contributed by atoms with E-state index in [1.54, 1.807) is 0 Å². The first kappa shape index (κ1) is 12.5. The van der Waals surface area contributed by atoms with Crippen LogP contribution < -0.4 is 10.5 Å². The summed E-state index contributed by atoms with van der Waals surface area (Å²) in [5.41, 5.74) is 7.69. The van der Waals surface area contributed by atoms with Crippen molar-refractivity contribution >= 4 is 15.9 Å². The zero-order chi connectivity index (χ0) is 12.8. The third-order valence-electron chi connectivity index (χ3n) is 4.51. The van der Waals surface area contributed by atoms with Gasteiger partial charge >= 0.3 is 0 Å². The van der Waals surface area contributed by atoms with Gasteiger partial charge in [0, 0.05) is 11.5 Å². The van der Waals surface area contributed by atoms with Crippen LogP contribution in [0.5, 0.6) is 5.75 Å². The third-order valence-corrected chi connectivity index (χ3v) is 5.13. The highest BCUT2D eigenvalue weighted by atomic mass is 79.9. The summed E-state index contributed by atoms with van der Waals surface area (Å²) in [7, 11) is 0. The maximum Gasteiger partial charge on any atom is 0.133 e. The Bertz CT molecular complexity index is 450. The molecule has 2 nitrogen and oxygen atoms in total. The number of hydrogen-bond donors (Lipinski definition) is 1. The Morgan fingerprint density at radius 2 is 2.11 bits per heavy atom. The molecule has 2 aliphatic rings. The van der Waals surface area contributed by atoms with E-state index in [9.17, 15) is 0 Å². The Hall–Kier alpha value is -0.540. The van der Waals surface area contributed by atoms with E-state index in [4.69, 9.17) is 10.5 Å². The van der Waals surface area contributed by atoms with E-state index in [1.807, 2.05) is 0 Å². The molecule has 0 bridgehead atoms. The number of halogens is 1. The summed E-state index contributed by atoms with van der Waals surface area (Å²) in [6.07, 6.45) is 6.53. The van der Waals surface area contributed by atoms with Crippen molar-refractivity contribution in [3.8, 4) is 5.75 Å². The van der Waals surface area contributed by atoms with E-state index in [0.717, 1.165) is 10.2 Å². The quantitative estimate of drug-likeness (QED) is 0.919. The van der Waals surface area contributed by atoms with Crippen LogP contribution in [0.1, 0.15) is 44.6 Å². The molecule has 1 atom stereocenters. The monoisotopic (exact) mass is 309 g/mol. The average molecular weight is 310 g/mol. The van der Waals surface area contributed by atoms with Gasteiger partial charge in [-0.3, -0.25) is 0 Å². The van der Waals surface area contributed by atoms with Gasteiger partial charge < -0.3 is 10.5 Å². The Balaban J connectivity index is 1.80. The summed E-state index contributed by atoms with van der Waals surface area (Å²) < 4.78 is 7.02. The molecule has 2 aliphatic carbocycles. The summed E-state index contributed by atoms with van der Waals surface area (Å²) in [6, 6.07) is 6.71. The maximum atomic E-state index is 6.12. The highest BCUT2D eigenvalue weighted by molar-refractivity contribution is 9.10. The first-order chi connectivity index (χ1) is 8.62. The predicted octanol–water partition coefficient (Wildman–Crippen LogP) is 3.76. The van der Waals surface area contributed by atoms with E-state index in [0.29, 0.717) is 6.10 Å². The van der Waals surface area contributed by atoms with Crippen LogP contribution >= 0.6 is 15.9 Å². The minimum absolute atomic E-state index is 0.220. The number of ether oxygens (including phenoxy) is 1. The van der Waals surface area contributed by atoms with Crippen LogP contribution in [-0.4, -0.2) is 12.1 Å². The van der Waals surface area contributed by atoms with Crippen molar-refractivity contribution in [3.05, 3.63) is 28.2 Å². The van der Waals surface area contributed by atoms with Crippen LogP contribution in [0.3, 0.4) is 0 Å². The predicted molar refractivity (Wildman–Crippen MR) is 77.0 cm³/mol. The number of benzene rings is 1. The Labute approximate surface area is 117 Å². The van der Waals surface area contributed by atoms with Crippen molar-refractivity contribution in [2.24, 2.45) is 5.73 Å². The summed E-state index contributed by atoms with van der Waals surface area (Å²) in [4.78, 5) is 0. The fourth-order valence-electron chi connectivity index (χ4n) is 2.72. The highest BCUT2D eigenvalue weighted by Crippen LogP contribution is 2.51. The fraction of sp³-hybridized carbons (Fsp3) is 0.600. The zero-order valence-electron chi connectivity index (χ0n) is 10.8. The SMILES string of the molecule is CC(N)C1(c2ccc(OC3CCC3)c(Br)c2)CC1. The molecule has 0 spiro atoms. The van der Waals surface area contributed by atoms with Crippen molar-refractivity contribution in [1.82, 2.24) is 0 Å². The second kappa shape index (κ2) is 4.53. The second-order valence-corrected chi connectivity index (χ2v) is 6.62. The molecule has 1 aromatic carbocycles. The van der Waals surface area contributed by atoms with E-state index in [1.165, 1.54) is 37.7 Å². The number of nitrogens with two attached hydrogens (primary N) is 1. The molecule has 98 valence electrons. The smallest absolute Gasteiger partial charge is 0.133 e. The van der Waals surface area contributed by atoms with Gasteiger partial charge in [0.15, 0.2) is 0 Å². The molecule has 2 N–H and O–H groups in total. The van der Waals surface area contributed by atoms with Gasteiger partial charge in [-0.2, -0.15) is 0 Å². The molecule has 0 radical (unpaired) electrons. The number of hydrogen-bond acceptors (Lipinski definition) is 2. The van der Waals surface area contributed by atoms with Gasteiger partial charge in [0.05, 0.1) is 10.6 Å². The minimum Gasteiger partial charge on any atom is -0.489 e. The summed E-state index contributed by atoms with van der Waals surface area (Å²) in [6.45, 7) is 2.11. The summed E-state index contributed by atoms with van der Waals surface area (Å²) in [5.74, 6) is 0.976. The van der Waals surface area contributed by atoms with E-state index >= 15 is 0 Å². The lowest BCUT2D eigenvalue weighted by Gasteiger charge is -2.27. The van der Waals surface area contributed by atoms with Crippen LogP contribution in [0.2, 0.25) is 0 Å². The van der Waals surface area contributed by atoms with Gasteiger partial charge in [0.1, 0.15) is 5.75 Å². The first-order valence-corrected chi connectivity index (χ1v) is 7.63. The van der Waals surface area contributed by atoms with Gasteiger partial charge in [0.25, 0.3) is 0 Å². The third kappa shape index (κ3) is 2.08. The van der Waals surface area contributed by atoms with Crippen molar-refractivity contribution in [2.45, 2.75) is 56.6 Å². The standard InChI is InChI=1S/C15H20BrNO/c1-10(17)15(7-8-15)11-5-6-14(13(16)9-11)18-12-3-2-4-12/h5-6,9-10,12H,2-4,7-8,17H2,1H3. The molecule has 1 aromatic rings. The van der Waals surface area contributed by atoms with Crippen LogP contribution in [-0.2, 0) is 5.41 Å². The number of rotatable bonds is 4. The van der Waals surface area contributed by atoms with Crippen molar-refractivity contribution in [2.75, 3.05) is 0 Å². The molecular formula is C15H20BrNO. The van der Waals surface area contributed by atoms with Crippen LogP contribution in [0.25, 0.3) is 0 Å². The molecule has 2 fully saturated rings. The zero-order valence-corrected chi connectivity index (χ0v) is 12.4. The molecule has 0 aromatic heterocycles. The fourth-order valence-corrected chi connectivity index (χ4v) is 3.19. The van der Waals surface area contributed by atoms with E-state index in [-0.39, 0.29) is 11.5 Å². The molecule has 18 heavy (non-hydrogen) atoms. The van der Waals surface area contributed by atoms with Crippen LogP contribution in [0.15, 0.2) is 22.7 Å². The Morgan fingerprint density at radius 3 is 2.56 bits per heavy atom. The topological polar surface area (TPSA) is 35.2 Å².